The van der Waals surface area contributed by atoms with Crippen LogP contribution in [0.4, 0.5) is 5.13 Å². The second-order valence-electron chi connectivity index (χ2n) is 7.81. The van der Waals surface area contributed by atoms with E-state index in [9.17, 15) is 9.59 Å². The standard InChI is InChI=1S/C25H26N6O3S/c1-16-11-18(7-9-27-16)17-5-4-6-19(12-17)22-15-35-25(29-22)30-24(33)21(14-34-3)28-23(32)20-8-10-31(13-20)26-2/h4-13,15,21,26H,14H2,1-3H3,(H,28,32)(H,29,30,33)/t21-/m0/s1. The number of hydrogen-bond acceptors (Lipinski definition) is 7. The summed E-state index contributed by atoms with van der Waals surface area (Å²) in [7, 11) is 3.21. The van der Waals surface area contributed by atoms with Gasteiger partial charge in [-0.25, -0.2) is 4.98 Å². The van der Waals surface area contributed by atoms with Crippen LogP contribution in [0, 0.1) is 6.92 Å². The topological polar surface area (TPSA) is 110 Å². The largest absolute Gasteiger partial charge is 0.382 e. The minimum absolute atomic E-state index is 0.0237. The van der Waals surface area contributed by atoms with Crippen molar-refractivity contribution in [1.29, 1.82) is 0 Å². The highest BCUT2D eigenvalue weighted by molar-refractivity contribution is 7.14. The molecule has 0 aliphatic carbocycles. The molecular formula is C25H26N6O3S. The van der Waals surface area contributed by atoms with E-state index in [1.54, 1.807) is 36.4 Å². The molecule has 0 aliphatic rings. The molecule has 0 unspecified atom stereocenters. The minimum Gasteiger partial charge on any atom is -0.382 e. The van der Waals surface area contributed by atoms with Gasteiger partial charge in [0.2, 0.25) is 0 Å². The molecule has 3 aromatic heterocycles. The lowest BCUT2D eigenvalue weighted by molar-refractivity contribution is -0.119. The second-order valence-corrected chi connectivity index (χ2v) is 8.66. The maximum Gasteiger partial charge on any atom is 0.253 e. The van der Waals surface area contributed by atoms with Gasteiger partial charge in [-0.05, 0) is 42.3 Å². The molecule has 0 aliphatic heterocycles. The Kier molecular flexibility index (Phi) is 7.54. The number of carbonyl (C=O) groups is 2. The maximum atomic E-state index is 12.9. The lowest BCUT2D eigenvalue weighted by atomic mass is 10.0. The third-order valence-electron chi connectivity index (χ3n) is 5.29. The van der Waals surface area contributed by atoms with Crippen LogP contribution in [0.15, 0.2) is 66.4 Å². The Hall–Kier alpha value is -4.02. The second kappa shape index (κ2) is 10.9. The van der Waals surface area contributed by atoms with Crippen molar-refractivity contribution < 1.29 is 14.3 Å². The summed E-state index contributed by atoms with van der Waals surface area (Å²) in [5.74, 6) is -0.783. The lowest BCUT2D eigenvalue weighted by Gasteiger charge is -2.16. The predicted octanol–water partition coefficient (Wildman–Crippen LogP) is 3.54. The molecule has 0 saturated carbocycles. The van der Waals surface area contributed by atoms with Crippen LogP contribution in [0.5, 0.6) is 0 Å². The zero-order chi connectivity index (χ0) is 24.8. The highest BCUT2D eigenvalue weighted by atomic mass is 32.1. The number of nitrogens with zero attached hydrogens (tertiary/aromatic N) is 3. The maximum absolute atomic E-state index is 12.9. The van der Waals surface area contributed by atoms with Gasteiger partial charge < -0.3 is 20.8 Å². The van der Waals surface area contributed by atoms with Crippen LogP contribution in [-0.2, 0) is 9.53 Å². The van der Waals surface area contributed by atoms with Crippen LogP contribution >= 0.6 is 11.3 Å². The molecule has 0 bridgehead atoms. The van der Waals surface area contributed by atoms with E-state index in [4.69, 9.17) is 4.74 Å². The molecule has 1 aromatic carbocycles. The highest BCUT2D eigenvalue weighted by Crippen LogP contribution is 2.29. The van der Waals surface area contributed by atoms with E-state index in [1.807, 2.05) is 42.6 Å². The molecule has 180 valence electrons. The van der Waals surface area contributed by atoms with Crippen molar-refractivity contribution in [2.24, 2.45) is 0 Å². The first-order valence-electron chi connectivity index (χ1n) is 10.9. The highest BCUT2D eigenvalue weighted by Gasteiger charge is 2.23. The van der Waals surface area contributed by atoms with Gasteiger partial charge in [0.05, 0.1) is 17.9 Å². The lowest BCUT2D eigenvalue weighted by Crippen LogP contribution is -2.46. The van der Waals surface area contributed by atoms with Crippen molar-refractivity contribution in [3.05, 3.63) is 77.7 Å². The molecule has 0 radical (unpaired) electrons. The van der Waals surface area contributed by atoms with Crippen molar-refractivity contribution >= 4 is 28.3 Å². The Bertz CT molecular complexity index is 1330. The Morgan fingerprint density at radius 3 is 2.69 bits per heavy atom. The number of thiazole rings is 1. The van der Waals surface area contributed by atoms with Crippen molar-refractivity contribution in [2.75, 3.05) is 31.5 Å². The van der Waals surface area contributed by atoms with Gasteiger partial charge in [0.1, 0.15) is 6.04 Å². The molecule has 3 heterocycles. The third kappa shape index (κ3) is 5.92. The fourth-order valence-corrected chi connectivity index (χ4v) is 4.22. The number of amides is 2. The van der Waals surface area contributed by atoms with Gasteiger partial charge in [-0.2, -0.15) is 0 Å². The summed E-state index contributed by atoms with van der Waals surface area (Å²) < 4.78 is 6.79. The molecular weight excluding hydrogens is 464 g/mol. The molecule has 0 saturated heterocycles. The molecule has 35 heavy (non-hydrogen) atoms. The first-order chi connectivity index (χ1) is 17.0. The van der Waals surface area contributed by atoms with Gasteiger partial charge in [0.25, 0.3) is 11.8 Å². The number of aryl methyl sites for hydroxylation is 1. The molecule has 1 atom stereocenters. The minimum atomic E-state index is -0.879. The van der Waals surface area contributed by atoms with E-state index in [2.05, 4.69) is 32.1 Å². The van der Waals surface area contributed by atoms with Gasteiger partial charge >= 0.3 is 0 Å². The van der Waals surface area contributed by atoms with E-state index in [0.717, 1.165) is 28.1 Å². The summed E-state index contributed by atoms with van der Waals surface area (Å²) in [4.78, 5) is 34.3. The van der Waals surface area contributed by atoms with Gasteiger partial charge in [-0.15, -0.1) is 11.3 Å². The summed E-state index contributed by atoms with van der Waals surface area (Å²) in [5, 5.41) is 7.83. The number of anilines is 1. The quantitative estimate of drug-likeness (QED) is 0.331. The Labute approximate surface area is 207 Å². The van der Waals surface area contributed by atoms with Crippen molar-refractivity contribution in [2.45, 2.75) is 13.0 Å². The SMILES string of the molecule is CNn1ccc(C(=O)N[C@@H](COC)C(=O)Nc2nc(-c3cccc(-c4ccnc(C)c4)c3)cs2)c1. The summed E-state index contributed by atoms with van der Waals surface area (Å²) >= 11 is 1.32. The smallest absolute Gasteiger partial charge is 0.253 e. The van der Waals surface area contributed by atoms with E-state index < -0.39 is 11.9 Å². The van der Waals surface area contributed by atoms with Crippen molar-refractivity contribution in [3.63, 3.8) is 0 Å². The molecule has 2 amide bonds. The van der Waals surface area contributed by atoms with E-state index in [1.165, 1.54) is 18.4 Å². The molecule has 0 fully saturated rings. The zero-order valence-electron chi connectivity index (χ0n) is 19.6. The molecule has 10 heteroatoms. The first kappa shape index (κ1) is 24.1. The van der Waals surface area contributed by atoms with E-state index in [0.29, 0.717) is 10.7 Å². The van der Waals surface area contributed by atoms with Crippen LogP contribution in [0.3, 0.4) is 0 Å². The van der Waals surface area contributed by atoms with Crippen LogP contribution in [0.1, 0.15) is 16.1 Å². The van der Waals surface area contributed by atoms with E-state index >= 15 is 0 Å². The number of benzene rings is 1. The summed E-state index contributed by atoms with van der Waals surface area (Å²) in [6.07, 6.45) is 5.13. The van der Waals surface area contributed by atoms with Crippen molar-refractivity contribution in [3.8, 4) is 22.4 Å². The third-order valence-corrected chi connectivity index (χ3v) is 6.05. The van der Waals surface area contributed by atoms with Crippen LogP contribution in [0.2, 0.25) is 0 Å². The van der Waals surface area contributed by atoms with Crippen molar-refractivity contribution in [1.82, 2.24) is 20.0 Å². The average molecular weight is 491 g/mol. The normalized spacial score (nSPS) is 11.6. The fourth-order valence-electron chi connectivity index (χ4n) is 3.50. The van der Waals surface area contributed by atoms with Gasteiger partial charge in [-0.3, -0.25) is 19.2 Å². The number of rotatable bonds is 9. The zero-order valence-corrected chi connectivity index (χ0v) is 20.4. The Morgan fingerprint density at radius 2 is 1.94 bits per heavy atom. The molecule has 4 aromatic rings. The van der Waals surface area contributed by atoms with Gasteiger partial charge in [0.15, 0.2) is 5.13 Å². The molecule has 9 nitrogen and oxygen atoms in total. The molecule has 3 N–H and O–H groups in total. The first-order valence-corrected chi connectivity index (χ1v) is 11.8. The predicted molar refractivity (Wildman–Crippen MR) is 137 cm³/mol. The van der Waals surface area contributed by atoms with Gasteiger partial charge in [-0.1, -0.05) is 18.2 Å². The summed E-state index contributed by atoms with van der Waals surface area (Å²) in [5.41, 5.74) is 8.08. The fraction of sp³-hybridized carbons (Fsp3) is 0.200. The monoisotopic (exact) mass is 490 g/mol. The average Bonchev–Trinajstić information content (AvgIpc) is 3.54. The molecule has 0 spiro atoms. The summed E-state index contributed by atoms with van der Waals surface area (Å²) in [6.45, 7) is 1.98. The Balaban J connectivity index is 1.45. The van der Waals surface area contributed by atoms with Crippen LogP contribution in [-0.4, -0.2) is 53.3 Å². The number of hydrogen-bond donors (Lipinski definition) is 3. The number of nitrogens with one attached hydrogen (secondary N) is 3. The number of methoxy groups -OCH3 is 1. The van der Waals surface area contributed by atoms with Gasteiger partial charge in [0, 0.05) is 49.4 Å². The van der Waals surface area contributed by atoms with E-state index in [-0.39, 0.29) is 12.5 Å². The summed E-state index contributed by atoms with van der Waals surface area (Å²) in [6, 6.07) is 12.8. The number of ether oxygens (including phenoxy) is 1. The van der Waals surface area contributed by atoms with Crippen LogP contribution < -0.4 is 16.1 Å². The number of pyridine rings is 1. The number of aromatic nitrogens is 3. The van der Waals surface area contributed by atoms with Crippen LogP contribution in [0.25, 0.3) is 22.4 Å². The molecule has 4 rings (SSSR count). The Morgan fingerprint density at radius 1 is 1.14 bits per heavy atom. The number of carbonyl (C=O) groups excluding carboxylic acids is 2.